The summed E-state index contributed by atoms with van der Waals surface area (Å²) >= 11 is 1.21. The van der Waals surface area contributed by atoms with E-state index in [0.29, 0.717) is 31.2 Å². The van der Waals surface area contributed by atoms with Gasteiger partial charge in [0.1, 0.15) is 4.90 Å². The minimum atomic E-state index is -3.53. The Kier molecular flexibility index (Phi) is 6.38. The number of sulfonamides is 1. The molecular weight excluding hydrogens is 388 g/mol. The number of nitrogens with one attached hydrogen (secondary N) is 1. The summed E-state index contributed by atoms with van der Waals surface area (Å²) in [6, 6.07) is 2.78. The molecule has 8 nitrogen and oxygen atoms in total. The van der Waals surface area contributed by atoms with E-state index in [9.17, 15) is 18.0 Å². The Morgan fingerprint density at radius 2 is 1.89 bits per heavy atom. The first-order valence-electron chi connectivity index (χ1n) is 9.11. The van der Waals surface area contributed by atoms with Crippen molar-refractivity contribution in [2.45, 2.75) is 47.8 Å². The van der Waals surface area contributed by atoms with E-state index in [4.69, 9.17) is 0 Å². The molecule has 2 fully saturated rings. The largest absolute Gasteiger partial charge is 0.336 e. The molecule has 0 aliphatic carbocycles. The molecule has 0 spiro atoms. The standard InChI is InChI=1S/C17H24N4O4S2/c1-13(16(22)21-11-8-18-17(21)23)26-15-7-6-14(12-19-15)27(24,25)20-9-4-2-3-5-10-20/h6-7,12-13H,2-5,8-11H2,1H3,(H,18,23). The monoisotopic (exact) mass is 412 g/mol. The van der Waals surface area contributed by atoms with Crippen LogP contribution < -0.4 is 5.32 Å². The summed E-state index contributed by atoms with van der Waals surface area (Å²) in [6.07, 6.45) is 5.22. The van der Waals surface area contributed by atoms with Crippen LogP contribution >= 0.6 is 11.8 Å². The van der Waals surface area contributed by atoms with Crippen LogP contribution in [0.5, 0.6) is 0 Å². The SMILES string of the molecule is CC(Sc1ccc(S(=O)(=O)N2CCCCCC2)cn1)C(=O)N1CCNC1=O. The Hall–Kier alpha value is -1.65. The van der Waals surface area contributed by atoms with Crippen molar-refractivity contribution in [3.8, 4) is 0 Å². The Morgan fingerprint density at radius 3 is 2.44 bits per heavy atom. The highest BCUT2D eigenvalue weighted by atomic mass is 32.2. The van der Waals surface area contributed by atoms with E-state index in [-0.39, 0.29) is 16.8 Å². The number of carbonyl (C=O) groups excluding carboxylic acids is 2. The van der Waals surface area contributed by atoms with Gasteiger partial charge in [0, 0.05) is 32.4 Å². The van der Waals surface area contributed by atoms with Gasteiger partial charge in [0.25, 0.3) is 0 Å². The van der Waals surface area contributed by atoms with E-state index in [2.05, 4.69) is 10.3 Å². The quantitative estimate of drug-likeness (QED) is 0.739. The normalized spacial score (nSPS) is 20.2. The highest BCUT2D eigenvalue weighted by Crippen LogP contribution is 2.25. The van der Waals surface area contributed by atoms with Crippen molar-refractivity contribution in [2.24, 2.45) is 0 Å². The average molecular weight is 413 g/mol. The van der Waals surface area contributed by atoms with Crippen LogP contribution in [0.3, 0.4) is 0 Å². The molecule has 2 aliphatic rings. The van der Waals surface area contributed by atoms with Crippen molar-refractivity contribution in [2.75, 3.05) is 26.2 Å². The summed E-state index contributed by atoms with van der Waals surface area (Å²) in [7, 11) is -3.53. The third-order valence-corrected chi connectivity index (χ3v) is 7.60. The zero-order valence-electron chi connectivity index (χ0n) is 15.3. The Bertz CT molecular complexity index is 790. The summed E-state index contributed by atoms with van der Waals surface area (Å²) in [4.78, 5) is 29.5. The van der Waals surface area contributed by atoms with E-state index >= 15 is 0 Å². The highest BCUT2D eigenvalue weighted by molar-refractivity contribution is 8.00. The van der Waals surface area contributed by atoms with Crippen LogP contribution in [0.15, 0.2) is 28.3 Å². The molecule has 27 heavy (non-hydrogen) atoms. The fourth-order valence-electron chi connectivity index (χ4n) is 3.15. The van der Waals surface area contributed by atoms with Crippen LogP contribution in [0.4, 0.5) is 4.79 Å². The van der Waals surface area contributed by atoms with Crippen molar-refractivity contribution in [1.82, 2.24) is 19.5 Å². The molecule has 2 aliphatic heterocycles. The maximum atomic E-state index is 12.8. The summed E-state index contributed by atoms with van der Waals surface area (Å²) in [5, 5.41) is 2.65. The van der Waals surface area contributed by atoms with Crippen LogP contribution in [0, 0.1) is 0 Å². The van der Waals surface area contributed by atoms with Gasteiger partial charge < -0.3 is 5.32 Å². The number of carbonyl (C=O) groups is 2. The molecule has 1 atom stereocenters. The second kappa shape index (κ2) is 8.57. The molecule has 3 amide bonds. The third kappa shape index (κ3) is 4.61. The molecule has 1 unspecified atom stereocenters. The first-order chi connectivity index (χ1) is 12.9. The number of imide groups is 1. The number of rotatable bonds is 5. The fourth-order valence-corrected chi connectivity index (χ4v) is 5.47. The van der Waals surface area contributed by atoms with E-state index < -0.39 is 15.3 Å². The zero-order chi connectivity index (χ0) is 19.4. The molecule has 10 heteroatoms. The number of urea groups is 1. The van der Waals surface area contributed by atoms with E-state index in [1.807, 2.05) is 0 Å². The molecule has 1 N–H and O–H groups in total. The first kappa shape index (κ1) is 20.1. The average Bonchev–Trinajstić information content (AvgIpc) is 2.90. The highest BCUT2D eigenvalue weighted by Gasteiger charge is 2.30. The van der Waals surface area contributed by atoms with Gasteiger partial charge >= 0.3 is 6.03 Å². The van der Waals surface area contributed by atoms with Crippen LogP contribution in [-0.4, -0.2) is 66.0 Å². The summed E-state index contributed by atoms with van der Waals surface area (Å²) in [5.41, 5.74) is 0. The van der Waals surface area contributed by atoms with E-state index in [0.717, 1.165) is 25.7 Å². The molecule has 0 saturated carbocycles. The van der Waals surface area contributed by atoms with Gasteiger partial charge in [-0.05, 0) is 31.9 Å². The van der Waals surface area contributed by atoms with Gasteiger partial charge in [0.05, 0.1) is 10.3 Å². The number of hydrogen-bond donors (Lipinski definition) is 1. The Labute approximate surface area is 163 Å². The molecular formula is C17H24N4O4S2. The Balaban J connectivity index is 1.66. The van der Waals surface area contributed by atoms with E-state index in [1.165, 1.54) is 33.2 Å². The molecule has 0 bridgehead atoms. The molecule has 0 aromatic carbocycles. The zero-order valence-corrected chi connectivity index (χ0v) is 16.9. The number of aromatic nitrogens is 1. The minimum absolute atomic E-state index is 0.173. The topological polar surface area (TPSA) is 99.7 Å². The van der Waals surface area contributed by atoms with Crippen molar-refractivity contribution < 1.29 is 18.0 Å². The maximum Gasteiger partial charge on any atom is 0.324 e. The van der Waals surface area contributed by atoms with Gasteiger partial charge in [-0.3, -0.25) is 9.69 Å². The number of pyridine rings is 1. The molecule has 1 aromatic rings. The van der Waals surface area contributed by atoms with Crippen LogP contribution in [0.1, 0.15) is 32.6 Å². The molecule has 148 valence electrons. The van der Waals surface area contributed by atoms with Crippen molar-refractivity contribution >= 4 is 33.7 Å². The molecule has 3 heterocycles. The minimum Gasteiger partial charge on any atom is -0.336 e. The smallest absolute Gasteiger partial charge is 0.324 e. The first-order valence-corrected chi connectivity index (χ1v) is 11.4. The van der Waals surface area contributed by atoms with Crippen LogP contribution in [0.25, 0.3) is 0 Å². The molecule has 1 aromatic heterocycles. The predicted molar refractivity (Wildman–Crippen MR) is 102 cm³/mol. The third-order valence-electron chi connectivity index (χ3n) is 4.68. The van der Waals surface area contributed by atoms with Gasteiger partial charge in [0.2, 0.25) is 15.9 Å². The van der Waals surface area contributed by atoms with Crippen molar-refractivity contribution in [3.05, 3.63) is 18.3 Å². The maximum absolute atomic E-state index is 12.8. The molecule has 3 rings (SSSR count). The van der Waals surface area contributed by atoms with Crippen LogP contribution in [0.2, 0.25) is 0 Å². The number of thioether (sulfide) groups is 1. The number of nitrogens with zero attached hydrogens (tertiary/aromatic N) is 3. The van der Waals surface area contributed by atoms with Gasteiger partial charge in [-0.1, -0.05) is 24.6 Å². The lowest BCUT2D eigenvalue weighted by Crippen LogP contribution is -2.38. The second-order valence-corrected chi connectivity index (χ2v) is 9.93. The lowest BCUT2D eigenvalue weighted by molar-refractivity contribution is -0.126. The van der Waals surface area contributed by atoms with E-state index in [1.54, 1.807) is 13.0 Å². The predicted octanol–water partition coefficient (Wildman–Crippen LogP) is 1.68. The Morgan fingerprint density at radius 1 is 1.19 bits per heavy atom. The summed E-state index contributed by atoms with van der Waals surface area (Å²) in [5.74, 6) is -0.280. The lowest BCUT2D eigenvalue weighted by Gasteiger charge is -2.20. The number of hydrogen-bond acceptors (Lipinski definition) is 6. The second-order valence-electron chi connectivity index (χ2n) is 6.63. The van der Waals surface area contributed by atoms with Gasteiger partial charge in [-0.15, -0.1) is 0 Å². The molecule has 2 saturated heterocycles. The van der Waals surface area contributed by atoms with Gasteiger partial charge in [-0.25, -0.2) is 18.2 Å². The van der Waals surface area contributed by atoms with Gasteiger partial charge in [-0.2, -0.15) is 4.31 Å². The van der Waals surface area contributed by atoms with Gasteiger partial charge in [0.15, 0.2) is 0 Å². The fraction of sp³-hybridized carbons (Fsp3) is 0.588. The summed E-state index contributed by atoms with van der Waals surface area (Å²) < 4.78 is 27.1. The summed E-state index contributed by atoms with van der Waals surface area (Å²) in [6.45, 7) is 3.62. The van der Waals surface area contributed by atoms with Crippen molar-refractivity contribution in [3.63, 3.8) is 0 Å². The number of amides is 3. The van der Waals surface area contributed by atoms with Crippen molar-refractivity contribution in [1.29, 1.82) is 0 Å². The molecule has 0 radical (unpaired) electrons. The lowest BCUT2D eigenvalue weighted by atomic mass is 10.2. The van der Waals surface area contributed by atoms with Crippen LogP contribution in [-0.2, 0) is 14.8 Å².